The fraction of sp³-hybridized carbons (Fsp3) is 0.545. The molecule has 0 radical (unpaired) electrons. The second kappa shape index (κ2) is 12.7. The molecule has 1 atom stereocenters. The van der Waals surface area contributed by atoms with Crippen molar-refractivity contribution < 1.29 is 57.8 Å². The van der Waals surface area contributed by atoms with E-state index in [4.69, 9.17) is 9.47 Å². The van der Waals surface area contributed by atoms with Gasteiger partial charge in [-0.3, -0.25) is 14.3 Å². The van der Waals surface area contributed by atoms with Crippen molar-refractivity contribution in [1.82, 2.24) is 19.2 Å². The molecule has 1 aliphatic heterocycles. The second-order valence-electron chi connectivity index (χ2n) is 9.39. The number of nitrogens with zero attached hydrogens (tertiary/aromatic N) is 3. The first-order valence-electron chi connectivity index (χ1n) is 12.4. The van der Waals surface area contributed by atoms with Crippen molar-refractivity contribution in [1.29, 1.82) is 0 Å². The Morgan fingerprint density at radius 3 is 2.47 bits per heavy atom. The van der Waals surface area contributed by atoms with Crippen LogP contribution < -0.4 is 28.5 Å². The zero-order valence-electron chi connectivity index (χ0n) is 23.1. The number of fused-ring (bicyclic) bond motifs is 1. The third kappa shape index (κ3) is 8.15. The van der Waals surface area contributed by atoms with Crippen LogP contribution in [0.25, 0.3) is 0 Å². The van der Waals surface area contributed by atoms with Crippen LogP contribution in [-0.4, -0.2) is 83.8 Å². The maximum absolute atomic E-state index is 13.9. The minimum absolute atomic E-state index is 0.129. The summed E-state index contributed by atoms with van der Waals surface area (Å²) in [6, 6.07) is 3.43. The summed E-state index contributed by atoms with van der Waals surface area (Å²) >= 11 is 0. The number of aryl methyl sites for hydroxylation is 1. The van der Waals surface area contributed by atoms with E-state index in [1.165, 1.54) is 12.1 Å². The maximum Gasteiger partial charge on any atom is 0.427 e. The summed E-state index contributed by atoms with van der Waals surface area (Å²) in [5.41, 5.74) is -3.28. The minimum Gasteiger partial charge on any atom is -0.485 e. The lowest BCUT2D eigenvalue weighted by atomic mass is 10.1. The predicted octanol–water partition coefficient (Wildman–Crippen LogP) is 2.45. The predicted molar refractivity (Wildman–Crippen MR) is 141 cm³/mol. The largest absolute Gasteiger partial charge is 0.485 e. The van der Waals surface area contributed by atoms with Gasteiger partial charge in [-0.05, 0) is 39.0 Å². The number of carbonyl (C=O) groups excluding carboxylic acids is 1. The number of sulfonamides is 1. The van der Waals surface area contributed by atoms with Crippen molar-refractivity contribution >= 4 is 37.7 Å². The number of amides is 1. The topological polar surface area (TPSA) is 170 Å². The summed E-state index contributed by atoms with van der Waals surface area (Å²) in [4.78, 5) is 11.6. The number of hydrogen-bond acceptors (Lipinski definition) is 9. The van der Waals surface area contributed by atoms with E-state index in [0.29, 0.717) is 13.8 Å². The summed E-state index contributed by atoms with van der Waals surface area (Å²) in [5.74, 6) is -0.759. The van der Waals surface area contributed by atoms with E-state index in [1.807, 2.05) is 4.72 Å². The normalized spacial score (nSPS) is 16.0. The van der Waals surface area contributed by atoms with E-state index in [2.05, 4.69) is 19.9 Å². The average Bonchev–Trinajstić information content (AvgIpc) is 3.34. The molecule has 3 rings (SSSR count). The Hall–Kier alpha value is -3.43. The van der Waals surface area contributed by atoms with Gasteiger partial charge in [0, 0.05) is 25.5 Å². The fourth-order valence-corrected chi connectivity index (χ4v) is 5.64. The van der Waals surface area contributed by atoms with Crippen molar-refractivity contribution in [2.45, 2.75) is 56.5 Å². The number of hydrogen-bond donors (Lipinski definition) is 3. The van der Waals surface area contributed by atoms with Crippen LogP contribution >= 0.6 is 0 Å². The number of carbonyl (C=O) groups is 1. The summed E-state index contributed by atoms with van der Waals surface area (Å²) in [6.45, 7) is 0.882. The monoisotopic (exact) mass is 664 g/mol. The molecular weight excluding hydrogens is 635 g/mol. The number of rotatable bonds is 12. The fourth-order valence-electron chi connectivity index (χ4n) is 3.52. The third-order valence-corrected chi connectivity index (χ3v) is 8.72. The molecule has 0 saturated heterocycles. The smallest absolute Gasteiger partial charge is 0.427 e. The number of aromatic nitrogens is 2. The standard InChI is InChI=1S/C22H29F5N6O8S2/c1-5-32-11-17(19(31-32)39-12-18(23)24)42(35,36)33-10-14(9-29-43(37,38)28-4)40-16-7-6-13(8-15(16)33)30-20(34)41-21(2,3)22(25,26)27/h6-8,11,14,18,28-29H,5,9-10,12H2,1-4H3,(H,30,34)/t14-/m0/s1. The van der Waals surface area contributed by atoms with Crippen LogP contribution in [0, 0.1) is 0 Å². The highest BCUT2D eigenvalue weighted by Gasteiger charge is 2.51. The van der Waals surface area contributed by atoms with Gasteiger partial charge in [-0.2, -0.15) is 26.3 Å². The van der Waals surface area contributed by atoms with Crippen molar-refractivity contribution in [2.75, 3.05) is 36.4 Å². The van der Waals surface area contributed by atoms with Crippen LogP contribution in [0.4, 0.5) is 38.1 Å². The molecule has 242 valence electrons. The van der Waals surface area contributed by atoms with E-state index in [0.717, 1.165) is 28.3 Å². The molecule has 1 aromatic carbocycles. The maximum atomic E-state index is 13.9. The zero-order valence-corrected chi connectivity index (χ0v) is 24.7. The quantitative estimate of drug-likeness (QED) is 0.289. The molecule has 0 aliphatic carbocycles. The first-order valence-corrected chi connectivity index (χ1v) is 15.3. The highest BCUT2D eigenvalue weighted by atomic mass is 32.2. The van der Waals surface area contributed by atoms with Gasteiger partial charge >= 0.3 is 12.3 Å². The molecule has 2 aromatic rings. The van der Waals surface area contributed by atoms with Gasteiger partial charge in [0.25, 0.3) is 32.5 Å². The van der Waals surface area contributed by atoms with Gasteiger partial charge in [0.05, 0.1) is 18.8 Å². The van der Waals surface area contributed by atoms with Crippen LogP contribution in [0.5, 0.6) is 11.6 Å². The van der Waals surface area contributed by atoms with Crippen LogP contribution in [0.2, 0.25) is 0 Å². The molecular formula is C22H29F5N6O8S2. The molecule has 2 heterocycles. The summed E-state index contributed by atoms with van der Waals surface area (Å²) < 4.78 is 138. The molecule has 43 heavy (non-hydrogen) atoms. The highest BCUT2D eigenvalue weighted by Crippen LogP contribution is 2.40. The Labute approximate surface area is 243 Å². The third-order valence-electron chi connectivity index (χ3n) is 5.87. The minimum atomic E-state index is -4.89. The number of anilines is 2. The number of benzene rings is 1. The molecule has 0 bridgehead atoms. The Kier molecular flexibility index (Phi) is 10.0. The number of alkyl halides is 5. The van der Waals surface area contributed by atoms with Crippen LogP contribution in [0.1, 0.15) is 20.8 Å². The Bertz CT molecular complexity index is 1530. The first kappa shape index (κ1) is 34.1. The number of ether oxygens (including phenoxy) is 3. The summed E-state index contributed by atoms with van der Waals surface area (Å²) in [6.07, 6.45) is -9.43. The lowest BCUT2D eigenvalue weighted by Crippen LogP contribution is -2.49. The lowest BCUT2D eigenvalue weighted by Gasteiger charge is -2.35. The highest BCUT2D eigenvalue weighted by molar-refractivity contribution is 7.93. The van der Waals surface area contributed by atoms with Crippen molar-refractivity contribution in [2.24, 2.45) is 0 Å². The van der Waals surface area contributed by atoms with Crippen molar-refractivity contribution in [3.05, 3.63) is 24.4 Å². The molecule has 1 aliphatic rings. The van der Waals surface area contributed by atoms with Gasteiger partial charge in [0.2, 0.25) is 5.60 Å². The lowest BCUT2D eigenvalue weighted by molar-refractivity contribution is -0.242. The van der Waals surface area contributed by atoms with Gasteiger partial charge < -0.3 is 14.2 Å². The van der Waals surface area contributed by atoms with E-state index >= 15 is 0 Å². The van der Waals surface area contributed by atoms with Gasteiger partial charge in [-0.15, -0.1) is 5.10 Å². The molecule has 3 N–H and O–H groups in total. The van der Waals surface area contributed by atoms with Gasteiger partial charge in [-0.25, -0.2) is 26.7 Å². The van der Waals surface area contributed by atoms with Crippen molar-refractivity contribution in [3.63, 3.8) is 0 Å². The Balaban J connectivity index is 2.03. The average molecular weight is 665 g/mol. The van der Waals surface area contributed by atoms with Crippen LogP contribution in [-0.2, 0) is 31.5 Å². The molecule has 0 fully saturated rings. The van der Waals surface area contributed by atoms with Crippen LogP contribution in [0.15, 0.2) is 29.3 Å². The van der Waals surface area contributed by atoms with Crippen molar-refractivity contribution in [3.8, 4) is 11.6 Å². The molecule has 0 spiro atoms. The molecule has 1 amide bonds. The van der Waals surface area contributed by atoms with E-state index in [1.54, 1.807) is 6.92 Å². The molecule has 14 nitrogen and oxygen atoms in total. The Morgan fingerprint density at radius 2 is 1.88 bits per heavy atom. The number of nitrogens with one attached hydrogen (secondary N) is 3. The zero-order chi connectivity index (χ0) is 32.4. The molecule has 1 aromatic heterocycles. The second-order valence-corrected chi connectivity index (χ2v) is 12.9. The van der Waals surface area contributed by atoms with Gasteiger partial charge in [-0.1, -0.05) is 0 Å². The van der Waals surface area contributed by atoms with Gasteiger partial charge in [0.15, 0.2) is 11.5 Å². The molecule has 21 heteroatoms. The van der Waals surface area contributed by atoms with E-state index in [-0.39, 0.29) is 23.7 Å². The summed E-state index contributed by atoms with van der Waals surface area (Å²) in [7, 11) is -7.54. The first-order chi connectivity index (χ1) is 19.8. The molecule has 0 unspecified atom stereocenters. The van der Waals surface area contributed by atoms with Gasteiger partial charge in [0.1, 0.15) is 11.9 Å². The summed E-state index contributed by atoms with van der Waals surface area (Å²) in [5, 5.41) is 5.98. The van der Waals surface area contributed by atoms with E-state index < -0.39 is 81.1 Å². The van der Waals surface area contributed by atoms with Crippen LogP contribution in [0.3, 0.4) is 0 Å². The van der Waals surface area contributed by atoms with E-state index in [9.17, 15) is 43.6 Å². The SMILES string of the molecule is CCn1cc(S(=O)(=O)N2C[C@H](CNS(=O)(=O)NC)Oc3ccc(NC(=O)OC(C)(C)C(F)(F)F)cc32)c(OCC(F)F)n1. The Morgan fingerprint density at radius 1 is 1.21 bits per heavy atom. The number of halogens is 5. The molecule has 0 saturated carbocycles.